The number of carbonyl (C=O) groups is 2. The predicted molar refractivity (Wildman–Crippen MR) is 73.9 cm³/mol. The Morgan fingerprint density at radius 1 is 1.24 bits per heavy atom. The maximum atomic E-state index is 12.1. The number of benzene rings is 1. The molecule has 0 saturated heterocycles. The fraction of sp³-hybridized carbons (Fsp3) is 0.231. The van der Waals surface area contributed by atoms with E-state index in [-0.39, 0.29) is 10.8 Å². The van der Waals surface area contributed by atoms with Crippen LogP contribution in [0.3, 0.4) is 0 Å². The maximum Gasteiger partial charge on any atom is 0.328 e. The van der Waals surface area contributed by atoms with Gasteiger partial charge in [0.05, 0.1) is 10.8 Å². The SMILES string of the molecule is CNC(=O)COC(=O)Cn1[nH]c(=O)c2ccccc2c1=O. The Balaban J connectivity index is 2.25. The lowest BCUT2D eigenvalue weighted by Gasteiger charge is -2.07. The largest absolute Gasteiger partial charge is 0.454 e. The number of nitrogens with zero attached hydrogens (tertiary/aromatic N) is 1. The minimum atomic E-state index is -0.799. The van der Waals surface area contributed by atoms with Crippen LogP contribution in [-0.4, -0.2) is 35.3 Å². The van der Waals surface area contributed by atoms with Crippen molar-refractivity contribution in [2.24, 2.45) is 0 Å². The van der Waals surface area contributed by atoms with E-state index in [1.807, 2.05) is 0 Å². The molecule has 110 valence electrons. The van der Waals surface area contributed by atoms with E-state index in [2.05, 4.69) is 15.2 Å². The molecule has 0 unspecified atom stereocenters. The summed E-state index contributed by atoms with van der Waals surface area (Å²) < 4.78 is 5.53. The van der Waals surface area contributed by atoms with Crippen molar-refractivity contribution in [1.82, 2.24) is 15.1 Å². The molecule has 0 radical (unpaired) electrons. The zero-order valence-electron chi connectivity index (χ0n) is 11.2. The number of hydrogen-bond donors (Lipinski definition) is 2. The molecule has 2 rings (SSSR count). The van der Waals surface area contributed by atoms with Gasteiger partial charge in [0.2, 0.25) is 0 Å². The number of nitrogens with one attached hydrogen (secondary N) is 2. The molecule has 1 amide bonds. The molecule has 2 N–H and O–H groups in total. The number of aromatic nitrogens is 2. The molecular weight excluding hydrogens is 278 g/mol. The Kier molecular flexibility index (Phi) is 4.17. The van der Waals surface area contributed by atoms with Crippen LogP contribution in [0.2, 0.25) is 0 Å². The fourth-order valence-electron chi connectivity index (χ4n) is 1.75. The van der Waals surface area contributed by atoms with Crippen LogP contribution in [0.25, 0.3) is 10.8 Å². The van der Waals surface area contributed by atoms with E-state index >= 15 is 0 Å². The van der Waals surface area contributed by atoms with Crippen molar-refractivity contribution in [2.45, 2.75) is 6.54 Å². The second-order valence-electron chi connectivity index (χ2n) is 4.21. The molecule has 0 fully saturated rings. The average molecular weight is 291 g/mol. The van der Waals surface area contributed by atoms with Gasteiger partial charge >= 0.3 is 5.97 Å². The molecule has 0 aliphatic heterocycles. The summed E-state index contributed by atoms with van der Waals surface area (Å²) in [4.78, 5) is 46.4. The zero-order valence-corrected chi connectivity index (χ0v) is 11.2. The first kappa shape index (κ1) is 14.5. The number of rotatable bonds is 4. The molecule has 1 aromatic heterocycles. The molecule has 0 saturated carbocycles. The van der Waals surface area contributed by atoms with Gasteiger partial charge in [0.15, 0.2) is 6.61 Å². The summed E-state index contributed by atoms with van der Waals surface area (Å²) in [5.74, 6) is -1.27. The van der Waals surface area contributed by atoms with E-state index in [4.69, 9.17) is 0 Å². The van der Waals surface area contributed by atoms with Gasteiger partial charge in [-0.1, -0.05) is 12.1 Å². The van der Waals surface area contributed by atoms with E-state index in [1.54, 1.807) is 12.1 Å². The van der Waals surface area contributed by atoms with E-state index in [0.717, 1.165) is 4.68 Å². The average Bonchev–Trinajstić information content (AvgIpc) is 2.50. The van der Waals surface area contributed by atoms with Crippen molar-refractivity contribution in [3.05, 3.63) is 45.0 Å². The summed E-state index contributed by atoms with van der Waals surface area (Å²) in [6.07, 6.45) is 0. The van der Waals surface area contributed by atoms with Crippen molar-refractivity contribution in [3.63, 3.8) is 0 Å². The van der Waals surface area contributed by atoms with Crippen LogP contribution in [0.5, 0.6) is 0 Å². The molecule has 21 heavy (non-hydrogen) atoms. The summed E-state index contributed by atoms with van der Waals surface area (Å²) in [7, 11) is 1.40. The second kappa shape index (κ2) is 6.04. The van der Waals surface area contributed by atoms with Gasteiger partial charge in [0.25, 0.3) is 17.0 Å². The molecule has 0 bridgehead atoms. The number of aromatic amines is 1. The molecule has 0 atom stereocenters. The van der Waals surface area contributed by atoms with Gasteiger partial charge < -0.3 is 10.1 Å². The Bertz CT molecular complexity index is 805. The molecule has 2 aromatic rings. The third-order valence-electron chi connectivity index (χ3n) is 2.81. The normalized spacial score (nSPS) is 10.3. The smallest absolute Gasteiger partial charge is 0.328 e. The van der Waals surface area contributed by atoms with E-state index in [1.165, 1.54) is 19.2 Å². The number of ether oxygens (including phenoxy) is 1. The molecule has 1 aromatic carbocycles. The Hall–Kier alpha value is -2.90. The number of fused-ring (bicyclic) bond motifs is 1. The lowest BCUT2D eigenvalue weighted by molar-refractivity contribution is -0.149. The number of hydrogen-bond acceptors (Lipinski definition) is 5. The predicted octanol–water partition coefficient (Wildman–Crippen LogP) is -1.02. The van der Waals surface area contributed by atoms with Gasteiger partial charge in [0.1, 0.15) is 6.54 Å². The standard InChI is InChI=1S/C13H13N3O5/c1-14-10(17)7-21-11(18)6-16-13(20)9-5-3-2-4-8(9)12(19)15-16/h2-5H,6-7H2,1H3,(H,14,17)(H,15,19). The quantitative estimate of drug-likeness (QED) is 0.700. The molecule has 0 aliphatic carbocycles. The Morgan fingerprint density at radius 3 is 2.57 bits per heavy atom. The number of carbonyl (C=O) groups excluding carboxylic acids is 2. The van der Waals surface area contributed by atoms with Crippen LogP contribution < -0.4 is 16.4 Å². The van der Waals surface area contributed by atoms with Crippen LogP contribution in [0.1, 0.15) is 0 Å². The Morgan fingerprint density at radius 2 is 1.90 bits per heavy atom. The minimum Gasteiger partial charge on any atom is -0.454 e. The van der Waals surface area contributed by atoms with Crippen molar-refractivity contribution >= 4 is 22.6 Å². The third-order valence-corrected chi connectivity index (χ3v) is 2.81. The van der Waals surface area contributed by atoms with Gasteiger partial charge in [-0.2, -0.15) is 0 Å². The van der Waals surface area contributed by atoms with Crippen molar-refractivity contribution in [1.29, 1.82) is 0 Å². The number of amides is 1. The third kappa shape index (κ3) is 3.16. The van der Waals surface area contributed by atoms with Crippen molar-refractivity contribution in [3.8, 4) is 0 Å². The van der Waals surface area contributed by atoms with Gasteiger partial charge in [-0.3, -0.25) is 24.3 Å². The van der Waals surface area contributed by atoms with Crippen LogP contribution in [0.4, 0.5) is 0 Å². The lowest BCUT2D eigenvalue weighted by atomic mass is 10.2. The van der Waals surface area contributed by atoms with E-state index < -0.39 is 36.1 Å². The monoisotopic (exact) mass is 291 g/mol. The Labute approximate surface area is 118 Å². The first-order valence-electron chi connectivity index (χ1n) is 6.11. The number of likely N-dealkylation sites (N-methyl/N-ethyl adjacent to an activating group) is 1. The number of H-pyrrole nitrogens is 1. The van der Waals surface area contributed by atoms with Crippen molar-refractivity contribution < 1.29 is 14.3 Å². The minimum absolute atomic E-state index is 0.209. The molecule has 0 aliphatic rings. The highest BCUT2D eigenvalue weighted by atomic mass is 16.5. The van der Waals surface area contributed by atoms with Crippen LogP contribution in [0, 0.1) is 0 Å². The van der Waals surface area contributed by atoms with Gasteiger partial charge in [0, 0.05) is 7.05 Å². The highest BCUT2D eigenvalue weighted by Gasteiger charge is 2.11. The van der Waals surface area contributed by atoms with Gasteiger partial charge in [-0.15, -0.1) is 0 Å². The van der Waals surface area contributed by atoms with E-state index in [9.17, 15) is 19.2 Å². The lowest BCUT2D eigenvalue weighted by Crippen LogP contribution is -2.34. The van der Waals surface area contributed by atoms with Crippen LogP contribution >= 0.6 is 0 Å². The highest BCUT2D eigenvalue weighted by Crippen LogP contribution is 2.02. The maximum absolute atomic E-state index is 12.1. The summed E-state index contributed by atoms with van der Waals surface area (Å²) >= 11 is 0. The highest BCUT2D eigenvalue weighted by molar-refractivity contribution is 5.81. The number of esters is 1. The summed E-state index contributed by atoms with van der Waals surface area (Å²) in [5.41, 5.74) is -0.994. The van der Waals surface area contributed by atoms with E-state index in [0.29, 0.717) is 0 Å². The van der Waals surface area contributed by atoms with Crippen LogP contribution in [0.15, 0.2) is 33.9 Å². The summed E-state index contributed by atoms with van der Waals surface area (Å²) in [5, 5.41) is 5.04. The van der Waals surface area contributed by atoms with Gasteiger partial charge in [-0.25, -0.2) is 4.68 Å². The molecule has 0 spiro atoms. The summed E-state index contributed by atoms with van der Waals surface area (Å²) in [6, 6.07) is 6.28. The second-order valence-corrected chi connectivity index (χ2v) is 4.21. The topological polar surface area (TPSA) is 110 Å². The first-order valence-corrected chi connectivity index (χ1v) is 6.11. The molecule has 8 heteroatoms. The van der Waals surface area contributed by atoms with Crippen LogP contribution in [-0.2, 0) is 20.9 Å². The summed E-state index contributed by atoms with van der Waals surface area (Å²) in [6.45, 7) is -0.919. The zero-order chi connectivity index (χ0) is 15.4. The first-order chi connectivity index (χ1) is 10.0. The van der Waals surface area contributed by atoms with Crippen molar-refractivity contribution in [2.75, 3.05) is 13.7 Å². The molecule has 1 heterocycles. The van der Waals surface area contributed by atoms with Gasteiger partial charge in [-0.05, 0) is 12.1 Å². The molecule has 8 nitrogen and oxygen atoms in total. The fourth-order valence-corrected chi connectivity index (χ4v) is 1.75. The molecular formula is C13H13N3O5.